The summed E-state index contributed by atoms with van der Waals surface area (Å²) in [4.78, 5) is 0. The van der Waals surface area contributed by atoms with Crippen molar-refractivity contribution in [3.8, 4) is 5.75 Å². The molecule has 0 aliphatic carbocycles. The van der Waals surface area contributed by atoms with Crippen molar-refractivity contribution < 1.29 is 4.74 Å². The van der Waals surface area contributed by atoms with Crippen LogP contribution in [0.4, 0.5) is 0 Å². The van der Waals surface area contributed by atoms with E-state index in [1.165, 1.54) is 5.56 Å². The van der Waals surface area contributed by atoms with Gasteiger partial charge in [-0.05, 0) is 30.5 Å². The molecule has 15 heavy (non-hydrogen) atoms. The summed E-state index contributed by atoms with van der Waals surface area (Å²) < 4.78 is 5.37. The van der Waals surface area contributed by atoms with Crippen LogP contribution in [-0.2, 0) is 0 Å². The van der Waals surface area contributed by atoms with Crippen molar-refractivity contribution in [1.29, 1.82) is 0 Å². The molecule has 0 saturated carbocycles. The van der Waals surface area contributed by atoms with Gasteiger partial charge in [-0.15, -0.1) is 0 Å². The summed E-state index contributed by atoms with van der Waals surface area (Å²) >= 11 is 0. The fourth-order valence-corrected chi connectivity index (χ4v) is 1.69. The van der Waals surface area contributed by atoms with E-state index in [2.05, 4.69) is 32.6 Å². The van der Waals surface area contributed by atoms with Crippen LogP contribution in [0.5, 0.6) is 5.75 Å². The fraction of sp³-hybridized carbons (Fsp3) is 0.286. The molecule has 0 spiro atoms. The highest BCUT2D eigenvalue weighted by Gasteiger charge is 2.07. The third-order valence-electron chi connectivity index (χ3n) is 2.39. The summed E-state index contributed by atoms with van der Waals surface area (Å²) in [6, 6.07) is 6.07. The van der Waals surface area contributed by atoms with Gasteiger partial charge < -0.3 is 4.74 Å². The Kier molecular flexibility index (Phi) is 4.17. The SMILES string of the molecule is C=C/C(=C\CC)c1c(C)cccc1OC. The normalized spacial score (nSPS) is 11.3. The highest BCUT2D eigenvalue weighted by atomic mass is 16.5. The fourth-order valence-electron chi connectivity index (χ4n) is 1.69. The Morgan fingerprint density at radius 3 is 2.73 bits per heavy atom. The van der Waals surface area contributed by atoms with E-state index >= 15 is 0 Å². The number of benzene rings is 1. The first-order valence-corrected chi connectivity index (χ1v) is 5.21. The van der Waals surface area contributed by atoms with Gasteiger partial charge in [0.1, 0.15) is 5.75 Å². The minimum atomic E-state index is 0.912. The molecule has 1 heteroatoms. The third kappa shape index (κ3) is 2.50. The van der Waals surface area contributed by atoms with Gasteiger partial charge in [0, 0.05) is 5.56 Å². The van der Waals surface area contributed by atoms with E-state index in [0.717, 1.165) is 23.3 Å². The van der Waals surface area contributed by atoms with Crippen LogP contribution in [0.25, 0.3) is 5.57 Å². The molecule has 1 rings (SSSR count). The number of hydrogen-bond donors (Lipinski definition) is 0. The third-order valence-corrected chi connectivity index (χ3v) is 2.39. The highest BCUT2D eigenvalue weighted by Crippen LogP contribution is 2.29. The van der Waals surface area contributed by atoms with Gasteiger partial charge in [0.15, 0.2) is 0 Å². The Bertz CT molecular complexity index is 375. The van der Waals surface area contributed by atoms with E-state index < -0.39 is 0 Å². The number of hydrogen-bond acceptors (Lipinski definition) is 1. The van der Waals surface area contributed by atoms with Crippen LogP contribution in [0.3, 0.4) is 0 Å². The van der Waals surface area contributed by atoms with Gasteiger partial charge in [-0.25, -0.2) is 0 Å². The van der Waals surface area contributed by atoms with E-state index in [4.69, 9.17) is 4.74 Å². The highest BCUT2D eigenvalue weighted by molar-refractivity contribution is 5.79. The van der Waals surface area contributed by atoms with E-state index in [-0.39, 0.29) is 0 Å². The number of allylic oxidation sites excluding steroid dienone is 3. The smallest absolute Gasteiger partial charge is 0.126 e. The second-order valence-corrected chi connectivity index (χ2v) is 3.42. The number of methoxy groups -OCH3 is 1. The maximum atomic E-state index is 5.37. The molecular formula is C14H18O. The number of aryl methyl sites for hydroxylation is 1. The van der Waals surface area contributed by atoms with Crippen LogP contribution in [0, 0.1) is 6.92 Å². The molecule has 0 aliphatic rings. The predicted molar refractivity (Wildman–Crippen MR) is 66.2 cm³/mol. The maximum absolute atomic E-state index is 5.37. The first kappa shape index (κ1) is 11.6. The zero-order valence-electron chi connectivity index (χ0n) is 9.71. The van der Waals surface area contributed by atoms with Gasteiger partial charge in [-0.2, -0.15) is 0 Å². The molecule has 0 atom stereocenters. The summed E-state index contributed by atoms with van der Waals surface area (Å²) in [5.41, 5.74) is 3.51. The Hall–Kier alpha value is -1.50. The van der Waals surface area contributed by atoms with Crippen LogP contribution >= 0.6 is 0 Å². The van der Waals surface area contributed by atoms with E-state index in [1.54, 1.807) is 7.11 Å². The lowest BCUT2D eigenvalue weighted by atomic mass is 9.98. The summed E-state index contributed by atoms with van der Waals surface area (Å²) in [5, 5.41) is 0. The molecular weight excluding hydrogens is 184 g/mol. The van der Waals surface area contributed by atoms with Crippen LogP contribution in [0.1, 0.15) is 24.5 Å². The summed E-state index contributed by atoms with van der Waals surface area (Å²) in [5.74, 6) is 0.912. The van der Waals surface area contributed by atoms with Crippen LogP contribution in [0.2, 0.25) is 0 Å². The standard InChI is InChI=1S/C14H18O/c1-5-8-12(6-2)14-11(3)9-7-10-13(14)15-4/h6-10H,2,5H2,1,3-4H3/b12-8+. The molecule has 0 bridgehead atoms. The lowest BCUT2D eigenvalue weighted by Gasteiger charge is -2.12. The van der Waals surface area contributed by atoms with E-state index in [1.807, 2.05) is 18.2 Å². The zero-order valence-corrected chi connectivity index (χ0v) is 9.71. The lowest BCUT2D eigenvalue weighted by Crippen LogP contribution is -1.93. The Morgan fingerprint density at radius 2 is 2.20 bits per heavy atom. The lowest BCUT2D eigenvalue weighted by molar-refractivity contribution is 0.413. The zero-order chi connectivity index (χ0) is 11.3. The molecule has 80 valence electrons. The van der Waals surface area contributed by atoms with Crippen molar-refractivity contribution in [2.45, 2.75) is 20.3 Å². The van der Waals surface area contributed by atoms with Gasteiger partial charge in [-0.3, -0.25) is 0 Å². The summed E-state index contributed by atoms with van der Waals surface area (Å²) in [7, 11) is 1.70. The number of rotatable bonds is 4. The van der Waals surface area contributed by atoms with Gasteiger partial charge >= 0.3 is 0 Å². The molecule has 0 radical (unpaired) electrons. The Labute approximate surface area is 92.1 Å². The van der Waals surface area contributed by atoms with Crippen LogP contribution < -0.4 is 4.74 Å². The Morgan fingerprint density at radius 1 is 1.47 bits per heavy atom. The molecule has 0 fully saturated rings. The van der Waals surface area contributed by atoms with Crippen molar-refractivity contribution in [3.63, 3.8) is 0 Å². The van der Waals surface area contributed by atoms with Gasteiger partial charge in [0.2, 0.25) is 0 Å². The summed E-state index contributed by atoms with van der Waals surface area (Å²) in [6.45, 7) is 8.06. The topological polar surface area (TPSA) is 9.23 Å². The minimum absolute atomic E-state index is 0.912. The molecule has 0 aliphatic heterocycles. The van der Waals surface area contributed by atoms with E-state index in [9.17, 15) is 0 Å². The molecule has 1 nitrogen and oxygen atoms in total. The second kappa shape index (κ2) is 5.40. The van der Waals surface area contributed by atoms with Crippen LogP contribution in [-0.4, -0.2) is 7.11 Å². The minimum Gasteiger partial charge on any atom is -0.496 e. The molecule has 1 aromatic rings. The average molecular weight is 202 g/mol. The maximum Gasteiger partial charge on any atom is 0.126 e. The van der Waals surface area contributed by atoms with Crippen molar-refractivity contribution >= 4 is 5.57 Å². The van der Waals surface area contributed by atoms with Crippen molar-refractivity contribution in [2.24, 2.45) is 0 Å². The molecule has 0 aromatic heterocycles. The van der Waals surface area contributed by atoms with Crippen molar-refractivity contribution in [1.82, 2.24) is 0 Å². The first-order chi connectivity index (χ1) is 7.24. The predicted octanol–water partition coefficient (Wildman–Crippen LogP) is 3.98. The van der Waals surface area contributed by atoms with E-state index in [0.29, 0.717) is 0 Å². The largest absolute Gasteiger partial charge is 0.496 e. The quantitative estimate of drug-likeness (QED) is 0.671. The molecule has 0 saturated heterocycles. The molecule has 0 N–H and O–H groups in total. The molecule has 0 amide bonds. The summed E-state index contributed by atoms with van der Waals surface area (Å²) in [6.07, 6.45) is 5.05. The monoisotopic (exact) mass is 202 g/mol. The van der Waals surface area contributed by atoms with Gasteiger partial charge in [0.05, 0.1) is 7.11 Å². The van der Waals surface area contributed by atoms with Gasteiger partial charge in [0.25, 0.3) is 0 Å². The molecule has 1 aromatic carbocycles. The Balaban J connectivity index is 3.32. The molecule has 0 heterocycles. The van der Waals surface area contributed by atoms with Gasteiger partial charge in [-0.1, -0.05) is 37.8 Å². The first-order valence-electron chi connectivity index (χ1n) is 5.21. The molecule has 0 unspecified atom stereocenters. The van der Waals surface area contributed by atoms with Crippen molar-refractivity contribution in [2.75, 3.05) is 7.11 Å². The van der Waals surface area contributed by atoms with Crippen molar-refractivity contribution in [3.05, 3.63) is 48.1 Å². The number of ether oxygens (including phenoxy) is 1. The van der Waals surface area contributed by atoms with Crippen LogP contribution in [0.15, 0.2) is 36.9 Å². The average Bonchev–Trinajstić information content (AvgIpc) is 2.26. The second-order valence-electron chi connectivity index (χ2n) is 3.42.